The fraction of sp³-hybridized carbons (Fsp3) is 0.400. The smallest absolute Gasteiger partial charge is 0.323 e. The quantitative estimate of drug-likeness (QED) is 0.264. The summed E-state index contributed by atoms with van der Waals surface area (Å²) in [6.07, 6.45) is 0.796. The first-order chi connectivity index (χ1) is 16.3. The lowest BCUT2D eigenvalue weighted by atomic mass is 9.99. The van der Waals surface area contributed by atoms with Crippen molar-refractivity contribution < 1.29 is 23.9 Å². The van der Waals surface area contributed by atoms with E-state index in [0.29, 0.717) is 24.0 Å². The number of nitrogens with zero attached hydrogens (tertiary/aromatic N) is 2. The first-order valence-corrected chi connectivity index (χ1v) is 11.1. The third-order valence-electron chi connectivity index (χ3n) is 5.58. The van der Waals surface area contributed by atoms with Gasteiger partial charge in [0.05, 0.1) is 7.11 Å². The Labute approximate surface area is 198 Å². The highest BCUT2D eigenvalue weighted by molar-refractivity contribution is 6.08. The molecule has 2 atom stereocenters. The summed E-state index contributed by atoms with van der Waals surface area (Å²) < 4.78 is 10.2. The third-order valence-corrected chi connectivity index (χ3v) is 5.58. The Kier molecular flexibility index (Phi) is 8.61. The Balaban J connectivity index is 1.50. The highest BCUT2D eigenvalue weighted by Crippen LogP contribution is 2.32. The Morgan fingerprint density at radius 2 is 1.59 bits per heavy atom. The molecule has 0 bridgehead atoms. The SMILES string of the molecule is CN[C@@H](CC1(C)N=N1)C(=O)OCCN[C@@H](Cc1ccc(C(=O)c2ccccc2)cc1)C(=O)OC. The summed E-state index contributed by atoms with van der Waals surface area (Å²) in [4.78, 5) is 37.1. The number of esters is 2. The molecule has 180 valence electrons. The second-order valence-electron chi connectivity index (χ2n) is 8.26. The van der Waals surface area contributed by atoms with E-state index in [1.165, 1.54) is 7.11 Å². The van der Waals surface area contributed by atoms with Gasteiger partial charge in [0.2, 0.25) is 0 Å². The van der Waals surface area contributed by atoms with Crippen molar-refractivity contribution in [2.24, 2.45) is 10.2 Å². The van der Waals surface area contributed by atoms with Gasteiger partial charge in [-0.2, -0.15) is 10.2 Å². The largest absolute Gasteiger partial charge is 0.468 e. The molecule has 0 aliphatic carbocycles. The number of hydrogen-bond acceptors (Lipinski definition) is 9. The topological polar surface area (TPSA) is 118 Å². The van der Waals surface area contributed by atoms with E-state index >= 15 is 0 Å². The average molecular weight is 467 g/mol. The zero-order chi connectivity index (χ0) is 24.6. The van der Waals surface area contributed by atoms with Crippen molar-refractivity contribution >= 4 is 17.7 Å². The van der Waals surface area contributed by atoms with Crippen LogP contribution in [0.25, 0.3) is 0 Å². The van der Waals surface area contributed by atoms with Gasteiger partial charge in [0.25, 0.3) is 0 Å². The summed E-state index contributed by atoms with van der Waals surface area (Å²) in [5, 5.41) is 13.8. The van der Waals surface area contributed by atoms with Crippen LogP contribution >= 0.6 is 0 Å². The summed E-state index contributed by atoms with van der Waals surface area (Å²) in [5.41, 5.74) is 1.55. The number of carbonyl (C=O) groups is 3. The van der Waals surface area contributed by atoms with Gasteiger partial charge in [-0.05, 0) is 26.0 Å². The molecule has 0 unspecified atom stereocenters. The van der Waals surface area contributed by atoms with Crippen LogP contribution in [-0.2, 0) is 25.5 Å². The minimum Gasteiger partial charge on any atom is -0.468 e. The molecule has 0 radical (unpaired) electrons. The summed E-state index contributed by atoms with van der Waals surface area (Å²) in [7, 11) is 3.01. The Hall–Kier alpha value is -3.43. The van der Waals surface area contributed by atoms with Crippen LogP contribution in [0.2, 0.25) is 0 Å². The Morgan fingerprint density at radius 3 is 2.18 bits per heavy atom. The van der Waals surface area contributed by atoms with Crippen molar-refractivity contribution in [1.29, 1.82) is 0 Å². The van der Waals surface area contributed by atoms with E-state index in [-0.39, 0.29) is 18.9 Å². The fourth-order valence-electron chi connectivity index (χ4n) is 3.51. The standard InChI is InChI=1S/C25H30N4O5/c1-25(28-29-25)16-21(26-2)24(32)34-14-13-27-20(23(31)33-3)15-17-9-11-19(12-10-17)22(30)18-7-5-4-6-8-18/h4-12,20-21,26-27H,13-16H2,1-3H3/t20-,21-/m0/s1. The molecule has 2 N–H and O–H groups in total. The second kappa shape index (κ2) is 11.6. The molecule has 1 aliphatic heterocycles. The van der Waals surface area contributed by atoms with Crippen LogP contribution in [0.1, 0.15) is 34.8 Å². The van der Waals surface area contributed by atoms with Crippen molar-refractivity contribution in [3.8, 4) is 0 Å². The first-order valence-electron chi connectivity index (χ1n) is 11.1. The van der Waals surface area contributed by atoms with Crippen molar-refractivity contribution in [3.63, 3.8) is 0 Å². The normalized spacial score (nSPS) is 15.3. The zero-order valence-corrected chi connectivity index (χ0v) is 19.6. The van der Waals surface area contributed by atoms with Crippen LogP contribution in [0.4, 0.5) is 0 Å². The highest BCUT2D eigenvalue weighted by Gasteiger charge is 2.39. The minimum atomic E-state index is -0.623. The molecule has 0 saturated carbocycles. The van der Waals surface area contributed by atoms with Gasteiger partial charge in [-0.15, -0.1) is 0 Å². The van der Waals surface area contributed by atoms with E-state index in [1.54, 1.807) is 31.3 Å². The zero-order valence-electron chi connectivity index (χ0n) is 19.6. The molecule has 2 aromatic carbocycles. The van der Waals surface area contributed by atoms with Crippen LogP contribution in [0.3, 0.4) is 0 Å². The third kappa shape index (κ3) is 7.03. The molecule has 1 heterocycles. The summed E-state index contributed by atoms with van der Waals surface area (Å²) >= 11 is 0. The van der Waals surface area contributed by atoms with Gasteiger partial charge in [-0.25, -0.2) is 0 Å². The van der Waals surface area contributed by atoms with E-state index in [0.717, 1.165) is 5.56 Å². The van der Waals surface area contributed by atoms with E-state index in [9.17, 15) is 14.4 Å². The van der Waals surface area contributed by atoms with Crippen LogP contribution in [-0.4, -0.2) is 62.8 Å². The van der Waals surface area contributed by atoms with Crippen LogP contribution in [0.15, 0.2) is 64.8 Å². The number of ether oxygens (including phenoxy) is 2. The molecule has 0 aromatic heterocycles. The maximum Gasteiger partial charge on any atom is 0.323 e. The van der Waals surface area contributed by atoms with Gasteiger partial charge >= 0.3 is 11.9 Å². The second-order valence-corrected chi connectivity index (χ2v) is 8.26. The van der Waals surface area contributed by atoms with E-state index in [1.807, 2.05) is 37.3 Å². The van der Waals surface area contributed by atoms with Gasteiger partial charge in [0.15, 0.2) is 11.4 Å². The first kappa shape index (κ1) is 25.2. The van der Waals surface area contributed by atoms with Crippen LogP contribution < -0.4 is 10.6 Å². The number of nitrogens with one attached hydrogen (secondary N) is 2. The number of carbonyl (C=O) groups excluding carboxylic acids is 3. The predicted molar refractivity (Wildman–Crippen MR) is 126 cm³/mol. The van der Waals surface area contributed by atoms with E-state index in [2.05, 4.69) is 20.9 Å². The molecular formula is C25H30N4O5. The summed E-state index contributed by atoms with van der Waals surface area (Å²) in [6.45, 7) is 2.22. The molecule has 1 aliphatic rings. The lowest BCUT2D eigenvalue weighted by molar-refractivity contribution is -0.146. The molecule has 0 fully saturated rings. The van der Waals surface area contributed by atoms with Crippen molar-refractivity contribution in [3.05, 3.63) is 71.3 Å². The van der Waals surface area contributed by atoms with Gasteiger partial charge in [0, 0.05) is 24.1 Å². The Bertz CT molecular complexity index is 1020. The maximum atomic E-state index is 12.6. The molecule has 0 amide bonds. The molecule has 0 spiro atoms. The van der Waals surface area contributed by atoms with E-state index in [4.69, 9.17) is 9.47 Å². The number of methoxy groups -OCH3 is 1. The lowest BCUT2D eigenvalue weighted by Crippen LogP contribution is -2.43. The molecule has 3 rings (SSSR count). The van der Waals surface area contributed by atoms with Gasteiger partial charge < -0.3 is 20.1 Å². The monoisotopic (exact) mass is 466 g/mol. The molecule has 34 heavy (non-hydrogen) atoms. The van der Waals surface area contributed by atoms with Gasteiger partial charge in [0.1, 0.15) is 18.7 Å². The lowest BCUT2D eigenvalue weighted by Gasteiger charge is -2.19. The highest BCUT2D eigenvalue weighted by atomic mass is 16.5. The molecule has 9 nitrogen and oxygen atoms in total. The molecular weight excluding hydrogens is 436 g/mol. The van der Waals surface area contributed by atoms with E-state index < -0.39 is 29.7 Å². The van der Waals surface area contributed by atoms with Crippen molar-refractivity contribution in [2.75, 3.05) is 27.3 Å². The van der Waals surface area contributed by atoms with Crippen LogP contribution in [0, 0.1) is 0 Å². The Morgan fingerprint density at radius 1 is 0.941 bits per heavy atom. The maximum absolute atomic E-state index is 12.6. The predicted octanol–water partition coefficient (Wildman–Crippen LogP) is 2.29. The summed E-state index contributed by atoms with van der Waals surface area (Å²) in [6, 6.07) is 15.1. The summed E-state index contributed by atoms with van der Waals surface area (Å²) in [5.74, 6) is -0.876. The number of rotatable bonds is 13. The number of benzene rings is 2. The van der Waals surface area contributed by atoms with Crippen LogP contribution in [0.5, 0.6) is 0 Å². The van der Waals surface area contributed by atoms with Gasteiger partial charge in [-0.3, -0.25) is 14.4 Å². The number of ketones is 1. The number of likely N-dealkylation sites (N-methyl/N-ethyl adjacent to an activating group) is 1. The molecule has 2 aromatic rings. The van der Waals surface area contributed by atoms with Gasteiger partial charge in [-0.1, -0.05) is 54.6 Å². The number of hydrogen-bond donors (Lipinski definition) is 2. The minimum absolute atomic E-state index is 0.0606. The molecule has 9 heteroatoms. The average Bonchev–Trinajstić information content (AvgIpc) is 3.61. The molecule has 0 saturated heterocycles. The van der Waals surface area contributed by atoms with Crippen molar-refractivity contribution in [2.45, 2.75) is 37.5 Å². The fourth-order valence-corrected chi connectivity index (χ4v) is 3.51. The van der Waals surface area contributed by atoms with Crippen molar-refractivity contribution in [1.82, 2.24) is 10.6 Å².